The standard InChI is InChI=1S/C36H35O5PS/c1-27(25-40-29-15-5-3-6-16-29)31-19-9-11-21-33(31)42(35-23-13-14-24-36(35)43(37,38)39)34-22-12-10-20-32(34)28(2)26-41-30-17-7-4-8-18-30/h3-24,27-28H,25-26H2,1-2H3,(H,37,38,39). The third-order valence-corrected chi connectivity index (χ3v) is 11.0. The van der Waals surface area contributed by atoms with Gasteiger partial charge >= 0.3 is 0 Å². The van der Waals surface area contributed by atoms with Crippen molar-refractivity contribution in [1.29, 1.82) is 0 Å². The second-order valence-electron chi connectivity index (χ2n) is 10.4. The second kappa shape index (κ2) is 14.0. The molecule has 5 aromatic carbocycles. The number of hydrogen-bond donors (Lipinski definition) is 1. The molecular formula is C36H35O5PS. The van der Waals surface area contributed by atoms with E-state index >= 15 is 0 Å². The van der Waals surface area contributed by atoms with Crippen molar-refractivity contribution in [2.24, 2.45) is 0 Å². The summed E-state index contributed by atoms with van der Waals surface area (Å²) in [4.78, 5) is -0.0768. The summed E-state index contributed by atoms with van der Waals surface area (Å²) in [6.45, 7) is 5.14. The summed E-state index contributed by atoms with van der Waals surface area (Å²) in [5, 5.41) is 2.61. The van der Waals surface area contributed by atoms with E-state index in [-0.39, 0.29) is 16.7 Å². The van der Waals surface area contributed by atoms with Gasteiger partial charge in [0, 0.05) is 17.1 Å². The molecule has 5 rings (SSSR count). The maximum Gasteiger partial charge on any atom is 0.295 e. The van der Waals surface area contributed by atoms with E-state index in [1.54, 1.807) is 6.07 Å². The van der Waals surface area contributed by atoms with E-state index in [0.717, 1.165) is 33.2 Å². The SMILES string of the molecule is CC(COc1ccccc1)c1ccccc1P(c1ccccc1C(C)COc1ccccc1)c1ccccc1S(=O)(=O)O. The molecule has 220 valence electrons. The van der Waals surface area contributed by atoms with Crippen LogP contribution in [0.2, 0.25) is 0 Å². The predicted octanol–water partition coefficient (Wildman–Crippen LogP) is 7.06. The lowest BCUT2D eigenvalue weighted by Gasteiger charge is -2.29. The van der Waals surface area contributed by atoms with Gasteiger partial charge in [0.05, 0.1) is 13.2 Å². The first-order valence-electron chi connectivity index (χ1n) is 14.2. The Morgan fingerprint density at radius 1 is 0.558 bits per heavy atom. The quantitative estimate of drug-likeness (QED) is 0.121. The monoisotopic (exact) mass is 610 g/mol. The lowest BCUT2D eigenvalue weighted by Crippen LogP contribution is -2.30. The van der Waals surface area contributed by atoms with Gasteiger partial charge in [0.15, 0.2) is 0 Å². The topological polar surface area (TPSA) is 72.8 Å². The summed E-state index contributed by atoms with van der Waals surface area (Å²) >= 11 is 0. The fourth-order valence-electron chi connectivity index (χ4n) is 5.12. The van der Waals surface area contributed by atoms with E-state index in [1.165, 1.54) is 6.07 Å². The van der Waals surface area contributed by atoms with Gasteiger partial charge < -0.3 is 9.47 Å². The van der Waals surface area contributed by atoms with E-state index in [4.69, 9.17) is 9.47 Å². The van der Waals surface area contributed by atoms with E-state index < -0.39 is 18.0 Å². The molecule has 0 fully saturated rings. The second-order valence-corrected chi connectivity index (χ2v) is 14.0. The van der Waals surface area contributed by atoms with Crippen molar-refractivity contribution < 1.29 is 22.4 Å². The molecule has 5 nitrogen and oxygen atoms in total. The number of para-hydroxylation sites is 2. The summed E-state index contributed by atoms with van der Waals surface area (Å²) in [7, 11) is -5.90. The zero-order valence-electron chi connectivity index (χ0n) is 24.2. The molecule has 2 atom stereocenters. The average Bonchev–Trinajstić information content (AvgIpc) is 3.04. The van der Waals surface area contributed by atoms with Gasteiger partial charge in [0.1, 0.15) is 16.4 Å². The fraction of sp³-hybridized carbons (Fsp3) is 0.167. The largest absolute Gasteiger partial charge is 0.493 e. The van der Waals surface area contributed by atoms with Crippen LogP contribution < -0.4 is 25.4 Å². The molecule has 2 unspecified atom stereocenters. The van der Waals surface area contributed by atoms with Gasteiger partial charge in [-0.05, 0) is 60.0 Å². The molecule has 0 radical (unpaired) electrons. The molecule has 0 heterocycles. The maximum absolute atomic E-state index is 12.7. The van der Waals surface area contributed by atoms with E-state index in [0.29, 0.717) is 18.5 Å². The van der Waals surface area contributed by atoms with Crippen LogP contribution in [0.25, 0.3) is 0 Å². The minimum atomic E-state index is -4.49. The van der Waals surface area contributed by atoms with Gasteiger partial charge in [0.25, 0.3) is 10.1 Å². The van der Waals surface area contributed by atoms with Gasteiger partial charge in [-0.3, -0.25) is 4.55 Å². The van der Waals surface area contributed by atoms with Crippen molar-refractivity contribution in [3.63, 3.8) is 0 Å². The molecule has 0 spiro atoms. The van der Waals surface area contributed by atoms with Crippen molar-refractivity contribution in [3.05, 3.63) is 145 Å². The lowest BCUT2D eigenvalue weighted by molar-refractivity contribution is 0.296. The first-order valence-corrected chi connectivity index (χ1v) is 17.0. The van der Waals surface area contributed by atoms with Crippen LogP contribution in [-0.2, 0) is 10.1 Å². The molecule has 0 saturated heterocycles. The highest BCUT2D eigenvalue weighted by Gasteiger charge is 2.30. The Morgan fingerprint density at radius 2 is 0.930 bits per heavy atom. The highest BCUT2D eigenvalue weighted by atomic mass is 32.2. The molecule has 0 amide bonds. The zero-order valence-corrected chi connectivity index (χ0v) is 25.9. The summed E-state index contributed by atoms with van der Waals surface area (Å²) in [5.41, 5.74) is 2.13. The normalized spacial score (nSPS) is 13.6. The summed E-state index contributed by atoms with van der Waals surface area (Å²) in [6, 6.07) is 42.5. The molecule has 0 bridgehead atoms. The van der Waals surface area contributed by atoms with Crippen molar-refractivity contribution in [2.45, 2.75) is 30.6 Å². The summed E-state index contributed by atoms with van der Waals surface area (Å²) < 4.78 is 48.0. The number of rotatable bonds is 12. The van der Waals surface area contributed by atoms with Crippen molar-refractivity contribution in [2.75, 3.05) is 13.2 Å². The molecule has 0 aliphatic rings. The third-order valence-electron chi connectivity index (χ3n) is 7.29. The molecular weight excluding hydrogens is 575 g/mol. The molecule has 0 aliphatic carbocycles. The predicted molar refractivity (Wildman–Crippen MR) is 176 cm³/mol. The van der Waals surface area contributed by atoms with Crippen LogP contribution >= 0.6 is 7.92 Å². The summed E-state index contributed by atoms with van der Waals surface area (Å²) in [6.07, 6.45) is 0. The van der Waals surface area contributed by atoms with Crippen LogP contribution in [-0.4, -0.2) is 26.2 Å². The number of hydrogen-bond acceptors (Lipinski definition) is 4. The minimum Gasteiger partial charge on any atom is -0.493 e. The Hall–Kier alpha value is -3.96. The first-order chi connectivity index (χ1) is 20.8. The third kappa shape index (κ3) is 7.52. The number of benzene rings is 5. The van der Waals surface area contributed by atoms with Crippen molar-refractivity contribution in [1.82, 2.24) is 0 Å². The maximum atomic E-state index is 12.7. The van der Waals surface area contributed by atoms with Crippen LogP contribution in [0.1, 0.15) is 36.8 Å². The Kier molecular flexibility index (Phi) is 9.93. The lowest BCUT2D eigenvalue weighted by atomic mass is 10.0. The Bertz CT molecular complexity index is 1650. The van der Waals surface area contributed by atoms with Gasteiger partial charge in [0.2, 0.25) is 0 Å². The first kappa shape index (κ1) is 30.5. The fourth-order valence-corrected chi connectivity index (χ4v) is 9.21. The van der Waals surface area contributed by atoms with Gasteiger partial charge in [-0.25, -0.2) is 0 Å². The molecule has 43 heavy (non-hydrogen) atoms. The van der Waals surface area contributed by atoms with Crippen molar-refractivity contribution in [3.8, 4) is 11.5 Å². The van der Waals surface area contributed by atoms with Crippen LogP contribution in [0.15, 0.2) is 138 Å². The highest BCUT2D eigenvalue weighted by molar-refractivity contribution is 7.88. The van der Waals surface area contributed by atoms with E-state index in [9.17, 15) is 13.0 Å². The van der Waals surface area contributed by atoms with Crippen LogP contribution in [0.5, 0.6) is 11.5 Å². The summed E-state index contributed by atoms with van der Waals surface area (Å²) in [5.74, 6) is 1.60. The Labute approximate surface area is 255 Å². The van der Waals surface area contributed by atoms with E-state index in [1.807, 2.05) is 97.1 Å². The Morgan fingerprint density at radius 3 is 1.37 bits per heavy atom. The number of ether oxygens (including phenoxy) is 2. The molecule has 7 heteroatoms. The average molecular weight is 611 g/mol. The molecule has 5 aromatic rings. The van der Waals surface area contributed by atoms with Crippen LogP contribution in [0.4, 0.5) is 0 Å². The molecule has 0 saturated carbocycles. The smallest absolute Gasteiger partial charge is 0.295 e. The van der Waals surface area contributed by atoms with E-state index in [2.05, 4.69) is 38.1 Å². The van der Waals surface area contributed by atoms with Gasteiger partial charge in [-0.1, -0.05) is 117 Å². The van der Waals surface area contributed by atoms with Gasteiger partial charge in [-0.15, -0.1) is 0 Å². The minimum absolute atomic E-state index is 0.00491. The Balaban J connectivity index is 1.60. The zero-order chi connectivity index (χ0) is 30.2. The molecule has 1 N–H and O–H groups in total. The van der Waals surface area contributed by atoms with Crippen molar-refractivity contribution >= 4 is 34.0 Å². The highest BCUT2D eigenvalue weighted by Crippen LogP contribution is 2.40. The van der Waals surface area contributed by atoms with Crippen LogP contribution in [0, 0.1) is 0 Å². The molecule has 0 aromatic heterocycles. The van der Waals surface area contributed by atoms with Gasteiger partial charge in [-0.2, -0.15) is 8.42 Å². The van der Waals surface area contributed by atoms with Crippen LogP contribution in [0.3, 0.4) is 0 Å². The molecule has 0 aliphatic heterocycles.